The van der Waals surface area contributed by atoms with E-state index in [1.165, 1.54) is 141 Å². The van der Waals surface area contributed by atoms with Crippen molar-refractivity contribution in [1.82, 2.24) is 0 Å². The highest BCUT2D eigenvalue weighted by Gasteiger charge is 2.19. The Balaban J connectivity index is 4.47. The van der Waals surface area contributed by atoms with Crippen LogP contribution in [-0.4, -0.2) is 37.2 Å². The van der Waals surface area contributed by atoms with Crippen LogP contribution in [0.2, 0.25) is 0 Å². The first kappa shape index (κ1) is 67.3. The Morgan fingerprint density at radius 2 is 0.563 bits per heavy atom. The van der Waals surface area contributed by atoms with Gasteiger partial charge in [0.2, 0.25) is 0 Å². The normalized spacial score (nSPS) is 12.8. The minimum Gasteiger partial charge on any atom is -0.462 e. The van der Waals surface area contributed by atoms with E-state index in [1.54, 1.807) is 0 Å². The van der Waals surface area contributed by atoms with Gasteiger partial charge in [0.15, 0.2) is 6.10 Å². The highest BCUT2D eigenvalue weighted by atomic mass is 16.6. The maximum Gasteiger partial charge on any atom is 0.306 e. The van der Waals surface area contributed by atoms with E-state index in [2.05, 4.69) is 118 Å². The molecule has 406 valence electrons. The summed E-state index contributed by atoms with van der Waals surface area (Å²) in [5, 5.41) is 0. The monoisotopic (exact) mass is 987 g/mol. The van der Waals surface area contributed by atoms with E-state index >= 15 is 0 Å². The molecule has 0 spiro atoms. The van der Waals surface area contributed by atoms with Crippen LogP contribution in [0, 0.1) is 0 Å². The quantitative estimate of drug-likeness (QED) is 0.0261. The van der Waals surface area contributed by atoms with E-state index in [1.807, 2.05) is 0 Å². The predicted molar refractivity (Wildman–Crippen MR) is 307 cm³/mol. The maximum absolute atomic E-state index is 12.8. The molecule has 0 N–H and O–H groups in total. The molecule has 0 rings (SSSR count). The van der Waals surface area contributed by atoms with E-state index in [-0.39, 0.29) is 37.5 Å². The predicted octanol–water partition coefficient (Wildman–Crippen LogP) is 20.1. The van der Waals surface area contributed by atoms with Crippen LogP contribution in [0.5, 0.6) is 0 Å². The summed E-state index contributed by atoms with van der Waals surface area (Å²) < 4.78 is 16.8. The second-order valence-electron chi connectivity index (χ2n) is 19.5. The van der Waals surface area contributed by atoms with Gasteiger partial charge in [-0.1, -0.05) is 240 Å². The van der Waals surface area contributed by atoms with Crippen LogP contribution in [0.3, 0.4) is 0 Å². The summed E-state index contributed by atoms with van der Waals surface area (Å²) in [6.45, 7) is 6.46. The standard InChI is InChI=1S/C65H110O6/c1-4-7-10-13-16-19-22-25-28-31-32-35-37-40-43-46-49-52-55-58-64(67)70-61-62(71-65(68)59-56-53-50-47-44-41-38-34-30-27-24-21-18-15-12-9-6-3)60-69-63(66)57-54-51-48-45-42-39-36-33-29-26-23-20-17-14-11-8-5-2/h9,12,17-18,20-21,25-30,38,41,47,50,62H,4-8,10-11,13-16,19,22-24,31-37,39-40,42-46,48-49,51-61H2,1-3H3/b12-9-,20-17-,21-18-,28-25-,29-26-,30-27-,41-38-,50-47-. The Bertz CT molecular complexity index is 1410. The van der Waals surface area contributed by atoms with Crippen molar-refractivity contribution >= 4 is 17.9 Å². The summed E-state index contributed by atoms with van der Waals surface area (Å²) in [4.78, 5) is 38.2. The first-order chi connectivity index (χ1) is 35.0. The Labute approximate surface area is 438 Å². The molecule has 0 aliphatic rings. The minimum absolute atomic E-state index is 0.104. The molecule has 6 nitrogen and oxygen atoms in total. The molecule has 0 heterocycles. The van der Waals surface area contributed by atoms with Gasteiger partial charge in [-0.15, -0.1) is 0 Å². The fourth-order valence-electron chi connectivity index (χ4n) is 8.09. The van der Waals surface area contributed by atoms with Gasteiger partial charge in [0.25, 0.3) is 0 Å². The lowest BCUT2D eigenvalue weighted by Crippen LogP contribution is -2.30. The number of allylic oxidation sites excluding steroid dienone is 16. The molecule has 0 saturated carbocycles. The highest BCUT2D eigenvalue weighted by molar-refractivity contribution is 5.71. The van der Waals surface area contributed by atoms with Crippen LogP contribution >= 0.6 is 0 Å². The van der Waals surface area contributed by atoms with Gasteiger partial charge in [-0.2, -0.15) is 0 Å². The number of carbonyl (C=O) groups excluding carboxylic acids is 3. The first-order valence-corrected chi connectivity index (χ1v) is 29.7. The second-order valence-corrected chi connectivity index (χ2v) is 19.5. The zero-order chi connectivity index (χ0) is 51.4. The first-order valence-electron chi connectivity index (χ1n) is 29.7. The molecule has 71 heavy (non-hydrogen) atoms. The summed E-state index contributed by atoms with van der Waals surface area (Å²) in [6.07, 6.45) is 78.3. The van der Waals surface area contributed by atoms with E-state index in [9.17, 15) is 14.4 Å². The van der Waals surface area contributed by atoms with Crippen LogP contribution in [0.25, 0.3) is 0 Å². The molecule has 0 fully saturated rings. The van der Waals surface area contributed by atoms with Crippen LogP contribution < -0.4 is 0 Å². The number of carbonyl (C=O) groups is 3. The molecule has 0 saturated heterocycles. The molecule has 1 atom stereocenters. The Morgan fingerprint density at radius 3 is 0.944 bits per heavy atom. The Kier molecular flexibility index (Phi) is 55.9. The van der Waals surface area contributed by atoms with Crippen molar-refractivity contribution in [2.75, 3.05) is 13.2 Å². The number of rotatable bonds is 53. The van der Waals surface area contributed by atoms with Crippen molar-refractivity contribution in [2.45, 2.75) is 284 Å². The van der Waals surface area contributed by atoms with Gasteiger partial charge in [-0.3, -0.25) is 14.4 Å². The van der Waals surface area contributed by atoms with Crippen LogP contribution in [-0.2, 0) is 28.6 Å². The summed E-state index contributed by atoms with van der Waals surface area (Å²) in [5.74, 6) is -0.967. The van der Waals surface area contributed by atoms with Crippen molar-refractivity contribution in [3.05, 3.63) is 97.2 Å². The lowest BCUT2D eigenvalue weighted by atomic mass is 10.1. The molecule has 1 unspecified atom stereocenters. The van der Waals surface area contributed by atoms with Crippen LogP contribution in [0.15, 0.2) is 97.2 Å². The largest absolute Gasteiger partial charge is 0.462 e. The topological polar surface area (TPSA) is 78.9 Å². The molecule has 6 heteroatoms. The minimum atomic E-state index is -0.813. The smallest absolute Gasteiger partial charge is 0.306 e. The van der Waals surface area contributed by atoms with E-state index in [0.29, 0.717) is 19.3 Å². The van der Waals surface area contributed by atoms with E-state index in [4.69, 9.17) is 14.2 Å². The molecule has 0 aromatic heterocycles. The molecule has 0 aliphatic carbocycles. The van der Waals surface area contributed by atoms with Gasteiger partial charge in [-0.05, 0) is 116 Å². The van der Waals surface area contributed by atoms with Crippen molar-refractivity contribution in [2.24, 2.45) is 0 Å². The maximum atomic E-state index is 12.8. The zero-order valence-electron chi connectivity index (χ0n) is 46.5. The third kappa shape index (κ3) is 57.1. The van der Waals surface area contributed by atoms with Crippen molar-refractivity contribution < 1.29 is 28.6 Å². The van der Waals surface area contributed by atoms with Crippen molar-refractivity contribution in [3.63, 3.8) is 0 Å². The molecule has 0 bridgehead atoms. The van der Waals surface area contributed by atoms with Crippen molar-refractivity contribution in [3.8, 4) is 0 Å². The summed E-state index contributed by atoms with van der Waals surface area (Å²) in [7, 11) is 0. The lowest BCUT2D eigenvalue weighted by Gasteiger charge is -2.18. The van der Waals surface area contributed by atoms with Crippen LogP contribution in [0.1, 0.15) is 278 Å². The summed E-state index contributed by atoms with van der Waals surface area (Å²) in [6, 6.07) is 0. The fourth-order valence-corrected chi connectivity index (χ4v) is 8.09. The van der Waals surface area contributed by atoms with Gasteiger partial charge >= 0.3 is 17.9 Å². The molecular formula is C65H110O6. The van der Waals surface area contributed by atoms with Gasteiger partial charge in [-0.25, -0.2) is 0 Å². The summed E-state index contributed by atoms with van der Waals surface area (Å²) in [5.41, 5.74) is 0. The number of esters is 3. The zero-order valence-corrected chi connectivity index (χ0v) is 46.5. The third-order valence-corrected chi connectivity index (χ3v) is 12.5. The third-order valence-electron chi connectivity index (χ3n) is 12.5. The number of hydrogen-bond donors (Lipinski definition) is 0. The molecular weight excluding hydrogens is 877 g/mol. The van der Waals surface area contributed by atoms with Gasteiger partial charge in [0.1, 0.15) is 13.2 Å². The van der Waals surface area contributed by atoms with Gasteiger partial charge in [0.05, 0.1) is 0 Å². The summed E-state index contributed by atoms with van der Waals surface area (Å²) >= 11 is 0. The fraction of sp³-hybridized carbons (Fsp3) is 0.708. The molecule has 0 aliphatic heterocycles. The Morgan fingerprint density at radius 1 is 0.296 bits per heavy atom. The second kappa shape index (κ2) is 58.9. The number of hydrogen-bond acceptors (Lipinski definition) is 6. The van der Waals surface area contributed by atoms with E-state index < -0.39 is 6.10 Å². The lowest BCUT2D eigenvalue weighted by molar-refractivity contribution is -0.167. The molecule has 0 radical (unpaired) electrons. The van der Waals surface area contributed by atoms with Crippen LogP contribution in [0.4, 0.5) is 0 Å². The van der Waals surface area contributed by atoms with E-state index in [0.717, 1.165) is 89.9 Å². The Hall–Kier alpha value is -3.67. The highest BCUT2D eigenvalue weighted by Crippen LogP contribution is 2.15. The number of ether oxygens (including phenoxy) is 3. The average molecular weight is 988 g/mol. The molecule has 0 aromatic carbocycles. The number of unbranched alkanes of at least 4 members (excludes halogenated alkanes) is 26. The molecule has 0 aromatic rings. The molecule has 0 amide bonds. The average Bonchev–Trinajstić information content (AvgIpc) is 3.37. The van der Waals surface area contributed by atoms with Gasteiger partial charge in [0, 0.05) is 19.3 Å². The van der Waals surface area contributed by atoms with Gasteiger partial charge < -0.3 is 14.2 Å². The SMILES string of the molecule is CC/C=C\C/C=C\C/C=C\C/C=C\C/C=C\CCCC(=O)OC(COC(=O)CCCCCCCCC/C=C\C/C=C\CCCCC)COC(=O)CCCCCCCCCCC/C=C\CCCCCCCC. The van der Waals surface area contributed by atoms with Crippen molar-refractivity contribution in [1.29, 1.82) is 0 Å².